The second-order valence-corrected chi connectivity index (χ2v) is 9.48. The molecule has 0 heterocycles. The maximum atomic E-state index is 12.8. The Labute approximate surface area is 201 Å². The number of para-hydroxylation sites is 1. The highest BCUT2D eigenvalue weighted by Crippen LogP contribution is 2.29. The molecule has 0 bridgehead atoms. The van der Waals surface area contributed by atoms with E-state index in [9.17, 15) is 13.2 Å². The molecule has 0 aromatic heterocycles. The molecule has 0 atom stereocenters. The number of sulfonamides is 1. The van der Waals surface area contributed by atoms with E-state index in [4.69, 9.17) is 9.47 Å². The van der Waals surface area contributed by atoms with E-state index in [0.717, 1.165) is 17.5 Å². The van der Waals surface area contributed by atoms with Gasteiger partial charge in [0.2, 0.25) is 0 Å². The van der Waals surface area contributed by atoms with E-state index >= 15 is 0 Å². The molecule has 180 valence electrons. The zero-order valence-electron chi connectivity index (χ0n) is 19.8. The van der Waals surface area contributed by atoms with Crippen LogP contribution in [0.3, 0.4) is 0 Å². The summed E-state index contributed by atoms with van der Waals surface area (Å²) in [4.78, 5) is 12.9. The smallest absolute Gasteiger partial charge is 0.261 e. The molecule has 0 fully saturated rings. The van der Waals surface area contributed by atoms with E-state index in [1.54, 1.807) is 30.3 Å². The highest BCUT2D eigenvalue weighted by molar-refractivity contribution is 7.92. The lowest BCUT2D eigenvalue weighted by Gasteiger charge is -2.14. The van der Waals surface area contributed by atoms with Crippen molar-refractivity contribution in [1.82, 2.24) is 0 Å². The van der Waals surface area contributed by atoms with Crippen LogP contribution in [0.4, 0.5) is 11.4 Å². The van der Waals surface area contributed by atoms with E-state index in [0.29, 0.717) is 41.7 Å². The van der Waals surface area contributed by atoms with Gasteiger partial charge in [0.25, 0.3) is 15.9 Å². The van der Waals surface area contributed by atoms with Gasteiger partial charge in [-0.05, 0) is 80.8 Å². The maximum Gasteiger partial charge on any atom is 0.261 e. The molecular weight excluding hydrogens is 452 g/mol. The molecule has 34 heavy (non-hydrogen) atoms. The van der Waals surface area contributed by atoms with Crippen LogP contribution in [0.15, 0.2) is 65.6 Å². The number of anilines is 2. The molecule has 7 nitrogen and oxygen atoms in total. The quantitative estimate of drug-likeness (QED) is 0.395. The molecule has 0 unspecified atom stereocenters. The Kier molecular flexibility index (Phi) is 8.17. The summed E-state index contributed by atoms with van der Waals surface area (Å²) in [5.74, 6) is 0.751. The number of hydrogen-bond donors (Lipinski definition) is 2. The fourth-order valence-corrected chi connectivity index (χ4v) is 4.54. The third-order valence-corrected chi connectivity index (χ3v) is 6.47. The van der Waals surface area contributed by atoms with Crippen molar-refractivity contribution in [3.8, 4) is 11.5 Å². The van der Waals surface area contributed by atoms with E-state index < -0.39 is 10.0 Å². The van der Waals surface area contributed by atoms with Gasteiger partial charge in [-0.1, -0.05) is 25.1 Å². The molecule has 8 heteroatoms. The van der Waals surface area contributed by atoms with Crippen LogP contribution in [-0.4, -0.2) is 27.5 Å². The maximum absolute atomic E-state index is 12.8. The number of carbonyl (C=O) groups is 1. The van der Waals surface area contributed by atoms with Gasteiger partial charge in [0.15, 0.2) is 11.5 Å². The van der Waals surface area contributed by atoms with Gasteiger partial charge in [-0.25, -0.2) is 8.42 Å². The number of hydrogen-bond acceptors (Lipinski definition) is 5. The van der Waals surface area contributed by atoms with Gasteiger partial charge in [-0.15, -0.1) is 0 Å². The largest absolute Gasteiger partial charge is 0.490 e. The zero-order valence-corrected chi connectivity index (χ0v) is 20.7. The average Bonchev–Trinajstić information content (AvgIpc) is 2.81. The van der Waals surface area contributed by atoms with Gasteiger partial charge in [-0.3, -0.25) is 9.52 Å². The van der Waals surface area contributed by atoms with Gasteiger partial charge >= 0.3 is 0 Å². The first-order valence-electron chi connectivity index (χ1n) is 11.1. The molecule has 2 N–H and O–H groups in total. The molecule has 0 aliphatic heterocycles. The van der Waals surface area contributed by atoms with E-state index in [1.165, 1.54) is 12.1 Å². The predicted molar refractivity (Wildman–Crippen MR) is 135 cm³/mol. The molecule has 3 aromatic carbocycles. The van der Waals surface area contributed by atoms with Crippen molar-refractivity contribution >= 4 is 27.3 Å². The first-order chi connectivity index (χ1) is 16.2. The first kappa shape index (κ1) is 25.1. The fourth-order valence-electron chi connectivity index (χ4n) is 3.34. The van der Waals surface area contributed by atoms with E-state index in [-0.39, 0.29) is 10.8 Å². The van der Waals surface area contributed by atoms with Crippen LogP contribution >= 0.6 is 0 Å². The van der Waals surface area contributed by atoms with Crippen LogP contribution in [0, 0.1) is 13.8 Å². The van der Waals surface area contributed by atoms with Crippen molar-refractivity contribution < 1.29 is 22.7 Å². The summed E-state index contributed by atoms with van der Waals surface area (Å²) >= 11 is 0. The lowest BCUT2D eigenvalue weighted by atomic mass is 10.1. The fraction of sp³-hybridized carbons (Fsp3) is 0.269. The lowest BCUT2D eigenvalue weighted by Crippen LogP contribution is -2.15. The Bertz CT molecular complexity index is 1230. The Morgan fingerprint density at radius 1 is 0.882 bits per heavy atom. The molecule has 0 radical (unpaired) electrons. The predicted octanol–water partition coefficient (Wildman–Crippen LogP) is 5.54. The number of benzene rings is 3. The van der Waals surface area contributed by atoms with Crippen molar-refractivity contribution in [2.24, 2.45) is 0 Å². The summed E-state index contributed by atoms with van der Waals surface area (Å²) in [7, 11) is -3.77. The molecule has 0 aliphatic rings. The van der Waals surface area contributed by atoms with Crippen LogP contribution < -0.4 is 19.5 Å². The Hall–Kier alpha value is -3.52. The average molecular weight is 483 g/mol. The van der Waals surface area contributed by atoms with Gasteiger partial charge in [0, 0.05) is 11.3 Å². The first-order valence-corrected chi connectivity index (χ1v) is 12.6. The third-order valence-electron chi connectivity index (χ3n) is 5.11. The summed E-state index contributed by atoms with van der Waals surface area (Å²) in [5.41, 5.74) is 3.12. The lowest BCUT2D eigenvalue weighted by molar-refractivity contribution is 0.102. The minimum absolute atomic E-state index is 0.101. The van der Waals surface area contributed by atoms with Crippen LogP contribution in [0.2, 0.25) is 0 Å². The van der Waals surface area contributed by atoms with Crippen molar-refractivity contribution in [2.75, 3.05) is 23.3 Å². The number of rotatable bonds is 10. The SMILES string of the molecule is CCCOc1ccc(C(=O)Nc2ccc(S(=O)(=O)Nc3c(C)cccc3C)cc2)cc1OCC. The highest BCUT2D eigenvalue weighted by Gasteiger charge is 2.17. The number of ether oxygens (including phenoxy) is 2. The molecule has 0 saturated heterocycles. The Balaban J connectivity index is 1.74. The molecule has 0 spiro atoms. The second-order valence-electron chi connectivity index (χ2n) is 7.79. The normalized spacial score (nSPS) is 11.1. The molecule has 3 aromatic rings. The molecule has 1 amide bonds. The summed E-state index contributed by atoms with van der Waals surface area (Å²) in [6, 6.07) is 16.6. The van der Waals surface area contributed by atoms with Crippen LogP contribution in [0.1, 0.15) is 41.8 Å². The molecule has 0 saturated carbocycles. The number of amides is 1. The van der Waals surface area contributed by atoms with Crippen molar-refractivity contribution in [3.05, 3.63) is 77.4 Å². The summed E-state index contributed by atoms with van der Waals surface area (Å²) in [6.45, 7) is 8.57. The van der Waals surface area contributed by atoms with E-state index in [2.05, 4.69) is 10.0 Å². The number of nitrogens with one attached hydrogen (secondary N) is 2. The summed E-state index contributed by atoms with van der Waals surface area (Å²) in [5, 5.41) is 2.79. The number of aryl methyl sites for hydroxylation is 2. The van der Waals surface area contributed by atoms with Gasteiger partial charge in [0.05, 0.1) is 23.8 Å². The zero-order chi connectivity index (χ0) is 24.7. The third kappa shape index (κ3) is 6.08. The standard InChI is InChI=1S/C26H30N2O5S/c1-5-16-33-23-15-10-20(17-24(23)32-6-2)26(29)27-21-11-13-22(14-12-21)34(30,31)28-25-18(3)8-7-9-19(25)4/h7-15,17,28H,5-6,16H2,1-4H3,(H,27,29). The van der Waals surface area contributed by atoms with Crippen LogP contribution in [-0.2, 0) is 10.0 Å². The topological polar surface area (TPSA) is 93.7 Å². The van der Waals surface area contributed by atoms with Crippen molar-refractivity contribution in [3.63, 3.8) is 0 Å². The monoisotopic (exact) mass is 482 g/mol. The Morgan fingerprint density at radius 2 is 1.56 bits per heavy atom. The Morgan fingerprint density at radius 3 is 2.18 bits per heavy atom. The van der Waals surface area contributed by atoms with Gasteiger partial charge in [-0.2, -0.15) is 0 Å². The molecular formula is C26H30N2O5S. The highest BCUT2D eigenvalue weighted by atomic mass is 32.2. The minimum atomic E-state index is -3.77. The van der Waals surface area contributed by atoms with Gasteiger partial charge in [0.1, 0.15) is 0 Å². The summed E-state index contributed by atoms with van der Waals surface area (Å²) < 4.78 is 39.6. The van der Waals surface area contributed by atoms with E-state index in [1.807, 2.05) is 45.9 Å². The van der Waals surface area contributed by atoms with Crippen molar-refractivity contribution in [1.29, 1.82) is 0 Å². The van der Waals surface area contributed by atoms with Crippen molar-refractivity contribution in [2.45, 2.75) is 39.0 Å². The van der Waals surface area contributed by atoms with Crippen LogP contribution in [0.25, 0.3) is 0 Å². The number of carbonyl (C=O) groups excluding carboxylic acids is 1. The molecule has 3 rings (SSSR count). The molecule has 0 aliphatic carbocycles. The summed E-state index contributed by atoms with van der Waals surface area (Å²) in [6.07, 6.45) is 0.861. The minimum Gasteiger partial charge on any atom is -0.490 e. The second kappa shape index (κ2) is 11.1. The van der Waals surface area contributed by atoms with Crippen LogP contribution in [0.5, 0.6) is 11.5 Å². The van der Waals surface area contributed by atoms with Gasteiger partial charge < -0.3 is 14.8 Å².